The average molecular weight is 539 g/mol. The van der Waals surface area contributed by atoms with Crippen molar-refractivity contribution < 1.29 is 27.5 Å². The zero-order valence-electron chi connectivity index (χ0n) is 22.0. The predicted molar refractivity (Wildman–Crippen MR) is 147 cm³/mol. The van der Waals surface area contributed by atoms with E-state index in [2.05, 4.69) is 5.32 Å². The lowest BCUT2D eigenvalue weighted by Gasteiger charge is -2.23. The van der Waals surface area contributed by atoms with E-state index in [1.54, 1.807) is 49.4 Å². The third-order valence-corrected chi connectivity index (χ3v) is 7.75. The minimum absolute atomic E-state index is 0.00630. The first-order valence-corrected chi connectivity index (χ1v) is 13.9. The minimum Gasteiger partial charge on any atom is -0.495 e. The molecule has 0 aliphatic carbocycles. The van der Waals surface area contributed by atoms with E-state index in [9.17, 15) is 18.0 Å². The van der Waals surface area contributed by atoms with E-state index in [0.29, 0.717) is 24.3 Å². The predicted octanol–water partition coefficient (Wildman–Crippen LogP) is 4.83. The molecule has 0 spiro atoms. The molecule has 0 aliphatic heterocycles. The summed E-state index contributed by atoms with van der Waals surface area (Å²) in [5.74, 6) is -0.727. The maximum absolute atomic E-state index is 13.7. The molecule has 202 valence electrons. The van der Waals surface area contributed by atoms with Gasteiger partial charge in [-0.25, -0.2) is 13.2 Å². The third-order valence-electron chi connectivity index (χ3n) is 5.89. The smallest absolute Gasteiger partial charge is 0.338 e. The van der Waals surface area contributed by atoms with Crippen LogP contribution < -0.4 is 10.1 Å². The van der Waals surface area contributed by atoms with E-state index in [-0.39, 0.29) is 17.2 Å². The van der Waals surface area contributed by atoms with Gasteiger partial charge in [0.15, 0.2) is 0 Å². The number of carbonyl (C=O) groups excluding carboxylic acids is 2. The van der Waals surface area contributed by atoms with Crippen molar-refractivity contribution in [2.75, 3.05) is 32.1 Å². The molecule has 3 aromatic carbocycles. The maximum atomic E-state index is 13.7. The van der Waals surface area contributed by atoms with Crippen LogP contribution in [-0.4, -0.2) is 51.4 Å². The molecule has 0 radical (unpaired) electrons. The van der Waals surface area contributed by atoms with Crippen molar-refractivity contribution in [2.45, 2.75) is 38.0 Å². The van der Waals surface area contributed by atoms with Crippen LogP contribution >= 0.6 is 0 Å². The van der Waals surface area contributed by atoms with Crippen LogP contribution in [0.2, 0.25) is 0 Å². The molecule has 3 aromatic rings. The highest BCUT2D eigenvalue weighted by atomic mass is 32.2. The standard InChI is InChI=1S/C29H34N2O6S/c1-4-5-19-37-29(33)24-12-14-25(15-13-24)30-28(32)21-31(18-17-23-9-7-6-8-10-23)38(34,35)27-20-22(2)11-16-26(27)36-3/h6-16,20H,4-5,17-19,21H2,1-3H3,(H,30,32). The lowest BCUT2D eigenvalue weighted by Crippen LogP contribution is -2.39. The number of benzene rings is 3. The molecule has 0 fully saturated rings. The van der Waals surface area contributed by atoms with Crippen molar-refractivity contribution in [1.82, 2.24) is 4.31 Å². The fraction of sp³-hybridized carbons (Fsp3) is 0.310. The normalized spacial score (nSPS) is 11.3. The van der Waals surface area contributed by atoms with E-state index in [1.165, 1.54) is 7.11 Å². The van der Waals surface area contributed by atoms with Crippen molar-refractivity contribution in [2.24, 2.45) is 0 Å². The molecule has 0 saturated carbocycles. The highest BCUT2D eigenvalue weighted by molar-refractivity contribution is 7.89. The number of anilines is 1. The number of nitrogens with one attached hydrogen (secondary N) is 1. The number of methoxy groups -OCH3 is 1. The van der Waals surface area contributed by atoms with Gasteiger partial charge in [-0.1, -0.05) is 49.7 Å². The number of amides is 1. The quantitative estimate of drug-likeness (QED) is 0.247. The number of hydrogen-bond donors (Lipinski definition) is 1. The molecule has 0 bridgehead atoms. The van der Waals surface area contributed by atoms with Crippen molar-refractivity contribution in [3.63, 3.8) is 0 Å². The second-order valence-electron chi connectivity index (χ2n) is 8.84. The van der Waals surface area contributed by atoms with Crippen LogP contribution in [0.1, 0.15) is 41.3 Å². The van der Waals surface area contributed by atoms with E-state index in [0.717, 1.165) is 28.3 Å². The molecule has 1 amide bonds. The molecule has 9 heteroatoms. The molecule has 38 heavy (non-hydrogen) atoms. The highest BCUT2D eigenvalue weighted by Gasteiger charge is 2.29. The van der Waals surface area contributed by atoms with E-state index >= 15 is 0 Å². The number of rotatable bonds is 13. The van der Waals surface area contributed by atoms with Gasteiger partial charge in [-0.05, 0) is 67.3 Å². The number of carbonyl (C=O) groups is 2. The SMILES string of the molecule is CCCCOC(=O)c1ccc(NC(=O)CN(CCc2ccccc2)S(=O)(=O)c2cc(C)ccc2OC)cc1. The van der Waals surface area contributed by atoms with Crippen LogP contribution in [0.15, 0.2) is 77.7 Å². The van der Waals surface area contributed by atoms with Crippen LogP contribution in [0.25, 0.3) is 0 Å². The van der Waals surface area contributed by atoms with Gasteiger partial charge in [-0.15, -0.1) is 0 Å². The number of unbranched alkanes of at least 4 members (excludes halogenated alkanes) is 1. The Hall–Kier alpha value is -3.69. The fourth-order valence-corrected chi connectivity index (χ4v) is 5.39. The first kappa shape index (κ1) is 28.9. The Bertz CT molecular complexity index is 1320. The Kier molecular flexibility index (Phi) is 10.4. The summed E-state index contributed by atoms with van der Waals surface area (Å²) in [5, 5.41) is 2.72. The van der Waals surface area contributed by atoms with Gasteiger partial charge < -0.3 is 14.8 Å². The van der Waals surface area contributed by atoms with Gasteiger partial charge in [-0.3, -0.25) is 4.79 Å². The molecule has 0 aliphatic rings. The largest absolute Gasteiger partial charge is 0.495 e. The van der Waals surface area contributed by atoms with Gasteiger partial charge >= 0.3 is 5.97 Å². The van der Waals surface area contributed by atoms with Crippen molar-refractivity contribution in [3.05, 3.63) is 89.5 Å². The summed E-state index contributed by atoms with van der Waals surface area (Å²) in [5.41, 5.74) is 2.52. The van der Waals surface area contributed by atoms with Crippen LogP contribution in [0.4, 0.5) is 5.69 Å². The zero-order chi connectivity index (χ0) is 27.5. The van der Waals surface area contributed by atoms with Crippen LogP contribution in [0.3, 0.4) is 0 Å². The molecule has 0 heterocycles. The molecule has 1 N–H and O–H groups in total. The first-order chi connectivity index (χ1) is 18.2. The Balaban J connectivity index is 1.77. The fourth-order valence-electron chi connectivity index (χ4n) is 3.75. The third kappa shape index (κ3) is 7.90. The summed E-state index contributed by atoms with van der Waals surface area (Å²) < 4.78 is 39.1. The number of sulfonamides is 1. The van der Waals surface area contributed by atoms with E-state index in [4.69, 9.17) is 9.47 Å². The Morgan fingerprint density at radius 1 is 0.974 bits per heavy atom. The van der Waals surface area contributed by atoms with Gasteiger partial charge in [0, 0.05) is 12.2 Å². The van der Waals surface area contributed by atoms with Gasteiger partial charge in [0.05, 0.1) is 25.8 Å². The van der Waals surface area contributed by atoms with Crippen molar-refractivity contribution in [1.29, 1.82) is 0 Å². The van der Waals surface area contributed by atoms with Gasteiger partial charge in [0.25, 0.3) is 0 Å². The van der Waals surface area contributed by atoms with Gasteiger partial charge in [-0.2, -0.15) is 4.31 Å². The summed E-state index contributed by atoms with van der Waals surface area (Å²) in [6, 6.07) is 20.7. The molecular formula is C29H34N2O6S. The van der Waals surface area contributed by atoms with Crippen LogP contribution in [0, 0.1) is 6.92 Å². The second kappa shape index (κ2) is 13.7. The molecular weight excluding hydrogens is 504 g/mol. The summed E-state index contributed by atoms with van der Waals surface area (Å²) in [7, 11) is -2.66. The number of esters is 1. The van der Waals surface area contributed by atoms with Crippen LogP contribution in [-0.2, 0) is 26.0 Å². The van der Waals surface area contributed by atoms with Crippen molar-refractivity contribution in [3.8, 4) is 5.75 Å². The monoisotopic (exact) mass is 538 g/mol. The Labute approximate surface area is 224 Å². The van der Waals surface area contributed by atoms with E-state index < -0.39 is 28.4 Å². The number of hydrogen-bond acceptors (Lipinski definition) is 6. The lowest BCUT2D eigenvalue weighted by atomic mass is 10.1. The van der Waals surface area contributed by atoms with Crippen molar-refractivity contribution >= 4 is 27.6 Å². The summed E-state index contributed by atoms with van der Waals surface area (Å²) in [6.07, 6.45) is 2.14. The molecule has 0 unspecified atom stereocenters. The summed E-state index contributed by atoms with van der Waals surface area (Å²) >= 11 is 0. The topological polar surface area (TPSA) is 102 Å². The molecule has 0 aromatic heterocycles. The average Bonchev–Trinajstić information content (AvgIpc) is 2.92. The minimum atomic E-state index is -4.07. The zero-order valence-corrected chi connectivity index (χ0v) is 22.8. The number of nitrogens with zero attached hydrogens (tertiary/aromatic N) is 1. The molecule has 0 saturated heterocycles. The van der Waals surface area contributed by atoms with Gasteiger partial charge in [0.2, 0.25) is 15.9 Å². The van der Waals surface area contributed by atoms with E-state index in [1.807, 2.05) is 37.3 Å². The van der Waals surface area contributed by atoms with Crippen LogP contribution in [0.5, 0.6) is 5.75 Å². The Morgan fingerprint density at radius 3 is 2.34 bits per heavy atom. The number of ether oxygens (including phenoxy) is 2. The number of aryl methyl sites for hydroxylation is 1. The van der Waals surface area contributed by atoms with Gasteiger partial charge in [0.1, 0.15) is 10.6 Å². The first-order valence-electron chi connectivity index (χ1n) is 12.5. The molecule has 0 atom stereocenters. The lowest BCUT2D eigenvalue weighted by molar-refractivity contribution is -0.116. The molecule has 8 nitrogen and oxygen atoms in total. The second-order valence-corrected chi connectivity index (χ2v) is 10.7. The highest BCUT2D eigenvalue weighted by Crippen LogP contribution is 2.28. The molecule has 3 rings (SSSR count). The Morgan fingerprint density at radius 2 is 1.68 bits per heavy atom. The maximum Gasteiger partial charge on any atom is 0.338 e. The summed E-state index contributed by atoms with van der Waals surface area (Å²) in [6.45, 7) is 3.86. The summed E-state index contributed by atoms with van der Waals surface area (Å²) in [4.78, 5) is 25.1.